The highest BCUT2D eigenvalue weighted by molar-refractivity contribution is 6.29. The van der Waals surface area contributed by atoms with Gasteiger partial charge in [-0.2, -0.15) is 0 Å². The summed E-state index contributed by atoms with van der Waals surface area (Å²) in [6, 6.07) is 2.09. The largest absolute Gasteiger partial charge is 0.377 e. The van der Waals surface area contributed by atoms with E-state index in [-0.39, 0.29) is 0 Å². The molecule has 0 saturated carbocycles. The first-order chi connectivity index (χ1) is 8.01. The van der Waals surface area contributed by atoms with E-state index in [1.165, 1.54) is 0 Å². The van der Waals surface area contributed by atoms with Crippen LogP contribution >= 0.6 is 11.6 Å². The molecule has 1 aromatic rings. The van der Waals surface area contributed by atoms with E-state index in [1.807, 2.05) is 0 Å². The molecule has 96 valence electrons. The first-order valence-electron chi connectivity index (χ1n) is 5.80. The molecule has 0 bridgehead atoms. The number of hydrogen-bond acceptors (Lipinski definition) is 4. The fourth-order valence-electron chi connectivity index (χ4n) is 1.75. The average Bonchev–Trinajstić information content (AvgIpc) is 2.14. The van der Waals surface area contributed by atoms with E-state index in [9.17, 15) is 0 Å². The molecule has 0 aromatic carbocycles. The van der Waals surface area contributed by atoms with Gasteiger partial charge in [-0.25, -0.2) is 9.97 Å². The van der Waals surface area contributed by atoms with E-state index in [0.717, 1.165) is 12.2 Å². The minimum atomic E-state index is 0.358. The van der Waals surface area contributed by atoms with Crippen molar-refractivity contribution in [2.45, 2.75) is 39.8 Å². The molecule has 0 saturated heterocycles. The van der Waals surface area contributed by atoms with Crippen molar-refractivity contribution in [2.75, 3.05) is 12.4 Å². The molecule has 0 aliphatic rings. The summed E-state index contributed by atoms with van der Waals surface area (Å²) in [7, 11) is 1.61. The maximum Gasteiger partial charge on any atom is 0.158 e. The van der Waals surface area contributed by atoms with Gasteiger partial charge in [0.15, 0.2) is 5.82 Å². The van der Waals surface area contributed by atoms with Crippen molar-refractivity contribution < 1.29 is 4.74 Å². The first kappa shape index (κ1) is 14.2. The molecule has 1 atom stereocenters. The van der Waals surface area contributed by atoms with Crippen LogP contribution in [-0.2, 0) is 11.3 Å². The Morgan fingerprint density at radius 1 is 1.35 bits per heavy atom. The van der Waals surface area contributed by atoms with Crippen LogP contribution < -0.4 is 5.32 Å². The Bertz CT molecular complexity index is 358. The molecule has 1 heterocycles. The Morgan fingerprint density at radius 3 is 2.65 bits per heavy atom. The van der Waals surface area contributed by atoms with Crippen molar-refractivity contribution in [3.63, 3.8) is 0 Å². The van der Waals surface area contributed by atoms with Crippen LogP contribution in [0.5, 0.6) is 0 Å². The number of hydrogen-bond donors (Lipinski definition) is 1. The Kier molecular flexibility index (Phi) is 5.65. The lowest BCUT2D eigenvalue weighted by molar-refractivity contribution is 0.178. The van der Waals surface area contributed by atoms with E-state index in [2.05, 4.69) is 36.1 Å². The van der Waals surface area contributed by atoms with Gasteiger partial charge in [-0.3, -0.25) is 0 Å². The molecule has 17 heavy (non-hydrogen) atoms. The lowest BCUT2D eigenvalue weighted by Crippen LogP contribution is -2.18. The van der Waals surface area contributed by atoms with E-state index in [4.69, 9.17) is 16.3 Å². The highest BCUT2D eigenvalue weighted by Gasteiger charge is 2.08. The van der Waals surface area contributed by atoms with Gasteiger partial charge in [0.1, 0.15) is 17.6 Å². The number of halogens is 1. The third kappa shape index (κ3) is 5.33. The van der Waals surface area contributed by atoms with Crippen molar-refractivity contribution in [1.82, 2.24) is 9.97 Å². The number of anilines is 1. The van der Waals surface area contributed by atoms with Crippen LogP contribution in [-0.4, -0.2) is 23.1 Å². The molecule has 1 aromatic heterocycles. The van der Waals surface area contributed by atoms with Crippen LogP contribution in [0.15, 0.2) is 6.07 Å². The third-order valence-electron chi connectivity index (χ3n) is 2.23. The molecule has 4 nitrogen and oxygen atoms in total. The lowest BCUT2D eigenvalue weighted by atomic mass is 10.1. The van der Waals surface area contributed by atoms with E-state index >= 15 is 0 Å². The van der Waals surface area contributed by atoms with Gasteiger partial charge in [0.2, 0.25) is 0 Å². The van der Waals surface area contributed by atoms with Crippen LogP contribution in [0.1, 0.15) is 33.0 Å². The zero-order valence-corrected chi connectivity index (χ0v) is 11.6. The third-order valence-corrected chi connectivity index (χ3v) is 2.43. The highest BCUT2D eigenvalue weighted by Crippen LogP contribution is 2.15. The maximum absolute atomic E-state index is 5.93. The summed E-state index contributed by atoms with van der Waals surface area (Å²) in [5, 5.41) is 3.76. The van der Waals surface area contributed by atoms with E-state index < -0.39 is 0 Å². The Hall–Kier alpha value is -0.870. The summed E-state index contributed by atoms with van der Waals surface area (Å²) >= 11 is 5.93. The number of ether oxygens (including phenoxy) is 1. The smallest absolute Gasteiger partial charge is 0.158 e. The second-order valence-corrected chi connectivity index (χ2v) is 4.99. The van der Waals surface area contributed by atoms with Crippen LogP contribution in [0.3, 0.4) is 0 Å². The predicted molar refractivity (Wildman–Crippen MR) is 70.3 cm³/mol. The quantitative estimate of drug-likeness (QED) is 0.796. The average molecular weight is 258 g/mol. The Balaban J connectivity index is 2.69. The fourth-order valence-corrected chi connectivity index (χ4v) is 1.95. The summed E-state index contributed by atoms with van der Waals surface area (Å²) < 4.78 is 5.00. The van der Waals surface area contributed by atoms with Crippen LogP contribution in [0, 0.1) is 5.92 Å². The summed E-state index contributed by atoms with van der Waals surface area (Å²) in [5.41, 5.74) is 0. The summed E-state index contributed by atoms with van der Waals surface area (Å²) in [6.45, 7) is 6.89. The lowest BCUT2D eigenvalue weighted by Gasteiger charge is -2.16. The molecule has 0 aliphatic heterocycles. The van der Waals surface area contributed by atoms with E-state index in [1.54, 1.807) is 13.2 Å². The van der Waals surface area contributed by atoms with Crippen molar-refractivity contribution in [3.05, 3.63) is 17.0 Å². The van der Waals surface area contributed by atoms with Crippen molar-refractivity contribution >= 4 is 17.4 Å². The van der Waals surface area contributed by atoms with Gasteiger partial charge in [0, 0.05) is 19.2 Å². The first-order valence-corrected chi connectivity index (χ1v) is 6.18. The molecule has 1 rings (SSSR count). The normalized spacial score (nSPS) is 12.8. The zero-order valence-electron chi connectivity index (χ0n) is 10.8. The summed E-state index contributed by atoms with van der Waals surface area (Å²) in [5.74, 6) is 2.00. The number of methoxy groups -OCH3 is 1. The number of nitrogens with zero attached hydrogens (tertiary/aromatic N) is 2. The van der Waals surface area contributed by atoms with E-state index in [0.29, 0.717) is 29.5 Å². The highest BCUT2D eigenvalue weighted by atomic mass is 35.5. The predicted octanol–water partition coefficient (Wildman–Crippen LogP) is 3.12. The van der Waals surface area contributed by atoms with Gasteiger partial charge in [-0.15, -0.1) is 0 Å². The van der Waals surface area contributed by atoms with Crippen LogP contribution in [0.4, 0.5) is 5.82 Å². The van der Waals surface area contributed by atoms with Gasteiger partial charge in [0.05, 0.1) is 0 Å². The second kappa shape index (κ2) is 6.77. The molecular weight excluding hydrogens is 238 g/mol. The number of aromatic nitrogens is 2. The van der Waals surface area contributed by atoms with Crippen molar-refractivity contribution in [3.8, 4) is 0 Å². The SMILES string of the molecule is COCc1nc(Cl)cc(NC(C)CC(C)C)n1. The molecule has 0 amide bonds. The molecule has 5 heteroatoms. The Labute approximate surface area is 108 Å². The molecule has 0 fully saturated rings. The van der Waals surface area contributed by atoms with Gasteiger partial charge >= 0.3 is 0 Å². The topological polar surface area (TPSA) is 47.0 Å². The Morgan fingerprint density at radius 2 is 2.06 bits per heavy atom. The fraction of sp³-hybridized carbons (Fsp3) is 0.667. The minimum Gasteiger partial charge on any atom is -0.377 e. The molecule has 0 spiro atoms. The number of nitrogens with one attached hydrogen (secondary N) is 1. The van der Waals surface area contributed by atoms with Crippen LogP contribution in [0.25, 0.3) is 0 Å². The molecule has 0 aliphatic carbocycles. The standard InChI is InChI=1S/C12H20ClN3O/c1-8(2)5-9(3)14-11-6-10(13)15-12(16-11)7-17-4/h6,8-9H,5,7H2,1-4H3,(H,14,15,16). The molecular formula is C12H20ClN3O. The van der Waals surface area contributed by atoms with Gasteiger partial charge in [0.25, 0.3) is 0 Å². The monoisotopic (exact) mass is 257 g/mol. The molecule has 1 N–H and O–H groups in total. The minimum absolute atomic E-state index is 0.358. The van der Waals surface area contributed by atoms with Gasteiger partial charge in [-0.05, 0) is 19.3 Å². The van der Waals surface area contributed by atoms with Crippen molar-refractivity contribution in [2.24, 2.45) is 5.92 Å². The number of rotatable bonds is 6. The van der Waals surface area contributed by atoms with Gasteiger partial charge < -0.3 is 10.1 Å². The van der Waals surface area contributed by atoms with Crippen LogP contribution in [0.2, 0.25) is 5.15 Å². The maximum atomic E-state index is 5.93. The molecule has 1 unspecified atom stereocenters. The van der Waals surface area contributed by atoms with Crippen molar-refractivity contribution in [1.29, 1.82) is 0 Å². The van der Waals surface area contributed by atoms with Gasteiger partial charge in [-0.1, -0.05) is 25.4 Å². The molecule has 0 radical (unpaired) electrons. The second-order valence-electron chi connectivity index (χ2n) is 4.60. The summed E-state index contributed by atoms with van der Waals surface area (Å²) in [6.07, 6.45) is 1.08. The zero-order chi connectivity index (χ0) is 12.8. The summed E-state index contributed by atoms with van der Waals surface area (Å²) in [4.78, 5) is 8.42.